The molecule has 2 fully saturated rings. The fourth-order valence-corrected chi connectivity index (χ4v) is 5.10. The molecule has 0 aromatic heterocycles. The summed E-state index contributed by atoms with van der Waals surface area (Å²) in [6.07, 6.45) is 3.14. The summed E-state index contributed by atoms with van der Waals surface area (Å²) in [6.45, 7) is 4.91. The molecule has 0 saturated carbocycles. The molecule has 2 aliphatic rings. The highest BCUT2D eigenvalue weighted by atomic mass is 127. The molecule has 1 aromatic rings. The Labute approximate surface area is 202 Å². The molecular weight excluding hydrogens is 529 g/mol. The van der Waals surface area contributed by atoms with Crippen LogP contribution in [-0.2, 0) is 27.9 Å². The van der Waals surface area contributed by atoms with Crippen LogP contribution in [0.1, 0.15) is 43.7 Å². The number of rotatable bonds is 7. The highest BCUT2D eigenvalue weighted by Crippen LogP contribution is 2.16. The van der Waals surface area contributed by atoms with E-state index in [9.17, 15) is 13.2 Å². The van der Waals surface area contributed by atoms with E-state index in [-0.39, 0.29) is 41.7 Å². The largest absolute Gasteiger partial charge is 0.354 e. The third kappa shape index (κ3) is 7.31. The van der Waals surface area contributed by atoms with Crippen molar-refractivity contribution in [1.29, 1.82) is 0 Å². The highest BCUT2D eigenvalue weighted by Gasteiger charge is 2.27. The maximum Gasteiger partial charge on any atom is 0.222 e. The molecule has 0 bridgehead atoms. The molecule has 2 heterocycles. The number of sulfonamides is 1. The van der Waals surface area contributed by atoms with Crippen molar-refractivity contribution in [2.45, 2.75) is 51.7 Å². The molecule has 2 N–H and O–H groups in total. The third-order valence-electron chi connectivity index (χ3n) is 5.77. The van der Waals surface area contributed by atoms with Crippen LogP contribution in [-0.4, -0.2) is 68.0 Å². The Bertz CT molecular complexity index is 870. The molecule has 0 radical (unpaired) electrons. The maximum absolute atomic E-state index is 12.0. The van der Waals surface area contributed by atoms with E-state index in [0.717, 1.165) is 36.9 Å². The topological polar surface area (TPSA) is 94.1 Å². The second-order valence-electron chi connectivity index (χ2n) is 7.88. The molecule has 0 spiro atoms. The number of amides is 1. The Balaban J connectivity index is 0.00000341. The Morgan fingerprint density at radius 3 is 2.52 bits per heavy atom. The lowest BCUT2D eigenvalue weighted by molar-refractivity contribution is -0.128. The normalized spacial score (nSPS) is 18.7. The first-order valence-corrected chi connectivity index (χ1v) is 12.3. The Kier molecular flexibility index (Phi) is 10.0. The minimum Gasteiger partial charge on any atom is -0.354 e. The number of guanidine groups is 1. The van der Waals surface area contributed by atoms with Gasteiger partial charge in [0.25, 0.3) is 0 Å². The number of nitrogens with one attached hydrogen (secondary N) is 2. The molecule has 174 valence electrons. The van der Waals surface area contributed by atoms with Gasteiger partial charge in [-0.05, 0) is 37.3 Å². The molecule has 1 amide bonds. The second-order valence-corrected chi connectivity index (χ2v) is 10.1. The van der Waals surface area contributed by atoms with Crippen LogP contribution in [0.15, 0.2) is 29.3 Å². The van der Waals surface area contributed by atoms with Gasteiger partial charge >= 0.3 is 0 Å². The Hall–Kier alpha value is -1.40. The zero-order valence-electron chi connectivity index (χ0n) is 18.3. The fraction of sp³-hybridized carbons (Fsp3) is 0.619. The van der Waals surface area contributed by atoms with Gasteiger partial charge in [0, 0.05) is 52.2 Å². The molecular formula is C21H34IN5O3S. The van der Waals surface area contributed by atoms with Crippen LogP contribution in [0.3, 0.4) is 0 Å². The van der Waals surface area contributed by atoms with E-state index < -0.39 is 10.0 Å². The summed E-state index contributed by atoms with van der Waals surface area (Å²) in [5, 5.41) is 6.75. The van der Waals surface area contributed by atoms with Crippen molar-refractivity contribution in [3.63, 3.8) is 0 Å². The van der Waals surface area contributed by atoms with Crippen LogP contribution in [0.25, 0.3) is 0 Å². The standard InChI is InChI=1S/C21H33N5O3S.HI/c1-3-30(28,29)26-12-9-19(10-13-26)24-21(22-2)23-15-17-6-4-7-18(14-17)16-25-11-5-8-20(25)27;/h4,6-7,14,19H,3,5,8-13,15-16H2,1-2H3,(H2,22,23,24);1H. The van der Waals surface area contributed by atoms with Gasteiger partial charge in [-0.25, -0.2) is 12.7 Å². The van der Waals surface area contributed by atoms with Crippen molar-refractivity contribution < 1.29 is 13.2 Å². The predicted molar refractivity (Wildman–Crippen MR) is 134 cm³/mol. The molecule has 2 aliphatic heterocycles. The van der Waals surface area contributed by atoms with Gasteiger partial charge in [0.15, 0.2) is 5.96 Å². The van der Waals surface area contributed by atoms with Crippen molar-refractivity contribution in [2.75, 3.05) is 32.4 Å². The zero-order chi connectivity index (χ0) is 21.6. The van der Waals surface area contributed by atoms with Gasteiger partial charge in [0.1, 0.15) is 0 Å². The number of carbonyl (C=O) groups excluding carboxylic acids is 1. The summed E-state index contributed by atoms with van der Waals surface area (Å²) in [7, 11) is -1.37. The average Bonchev–Trinajstić information content (AvgIpc) is 3.16. The number of likely N-dealkylation sites (tertiary alicyclic amines) is 1. The molecule has 8 nitrogen and oxygen atoms in total. The van der Waals surface area contributed by atoms with Crippen molar-refractivity contribution in [3.05, 3.63) is 35.4 Å². The number of hydrogen-bond donors (Lipinski definition) is 2. The molecule has 0 aliphatic carbocycles. The molecule has 1 aromatic carbocycles. The van der Waals surface area contributed by atoms with Crippen LogP contribution in [0.5, 0.6) is 0 Å². The minimum atomic E-state index is -3.11. The first-order valence-electron chi connectivity index (χ1n) is 10.7. The highest BCUT2D eigenvalue weighted by molar-refractivity contribution is 14.0. The number of carbonyl (C=O) groups is 1. The van der Waals surface area contributed by atoms with Crippen LogP contribution >= 0.6 is 24.0 Å². The lowest BCUT2D eigenvalue weighted by Crippen LogP contribution is -2.49. The van der Waals surface area contributed by atoms with E-state index in [1.165, 1.54) is 0 Å². The first kappa shape index (κ1) is 25.9. The maximum atomic E-state index is 12.0. The first-order chi connectivity index (χ1) is 14.4. The summed E-state index contributed by atoms with van der Waals surface area (Å²) in [4.78, 5) is 18.1. The molecule has 0 atom stereocenters. The third-order valence-corrected chi connectivity index (χ3v) is 7.65. The van der Waals surface area contributed by atoms with Crippen molar-refractivity contribution in [2.24, 2.45) is 4.99 Å². The molecule has 0 unspecified atom stereocenters. The second kappa shape index (κ2) is 12.0. The van der Waals surface area contributed by atoms with Gasteiger partial charge in [-0.1, -0.05) is 24.3 Å². The lowest BCUT2D eigenvalue weighted by Gasteiger charge is -2.32. The fourth-order valence-electron chi connectivity index (χ4n) is 3.96. The van der Waals surface area contributed by atoms with Gasteiger partial charge < -0.3 is 15.5 Å². The summed E-state index contributed by atoms with van der Waals surface area (Å²) in [5.41, 5.74) is 2.27. The van der Waals surface area contributed by atoms with Crippen LogP contribution in [0.4, 0.5) is 0 Å². The molecule has 31 heavy (non-hydrogen) atoms. The summed E-state index contributed by atoms with van der Waals surface area (Å²) < 4.78 is 25.6. The Morgan fingerprint density at radius 2 is 1.90 bits per heavy atom. The van der Waals surface area contributed by atoms with Gasteiger partial charge in [0.05, 0.1) is 5.75 Å². The van der Waals surface area contributed by atoms with Crippen molar-refractivity contribution in [1.82, 2.24) is 19.8 Å². The smallest absolute Gasteiger partial charge is 0.222 e. The number of hydrogen-bond acceptors (Lipinski definition) is 4. The van der Waals surface area contributed by atoms with Crippen molar-refractivity contribution in [3.8, 4) is 0 Å². The van der Waals surface area contributed by atoms with Gasteiger partial charge in [-0.15, -0.1) is 24.0 Å². The monoisotopic (exact) mass is 563 g/mol. The van der Waals surface area contributed by atoms with E-state index in [1.807, 2.05) is 11.0 Å². The SMILES string of the molecule is CCS(=O)(=O)N1CCC(NC(=NC)NCc2cccc(CN3CCCC3=O)c2)CC1.I. The molecule has 3 rings (SSSR count). The van der Waals surface area contributed by atoms with Crippen LogP contribution in [0.2, 0.25) is 0 Å². The summed E-state index contributed by atoms with van der Waals surface area (Å²) >= 11 is 0. The average molecular weight is 564 g/mol. The van der Waals surface area contributed by atoms with E-state index in [1.54, 1.807) is 18.3 Å². The zero-order valence-corrected chi connectivity index (χ0v) is 21.5. The van der Waals surface area contributed by atoms with Gasteiger partial charge in [0.2, 0.25) is 15.9 Å². The van der Waals surface area contributed by atoms with E-state index in [4.69, 9.17) is 0 Å². The summed E-state index contributed by atoms with van der Waals surface area (Å²) in [5.74, 6) is 1.10. The Morgan fingerprint density at radius 1 is 1.19 bits per heavy atom. The van der Waals surface area contributed by atoms with Crippen LogP contribution in [0, 0.1) is 0 Å². The quantitative estimate of drug-likeness (QED) is 0.301. The number of aliphatic imine (C=N–C) groups is 1. The van der Waals surface area contributed by atoms with Crippen LogP contribution < -0.4 is 10.6 Å². The van der Waals surface area contributed by atoms with Gasteiger partial charge in [-0.2, -0.15) is 0 Å². The number of halogens is 1. The van der Waals surface area contributed by atoms with E-state index >= 15 is 0 Å². The number of benzene rings is 1. The summed E-state index contributed by atoms with van der Waals surface area (Å²) in [6, 6.07) is 8.46. The minimum absolute atomic E-state index is 0. The number of nitrogens with zero attached hydrogens (tertiary/aromatic N) is 3. The van der Waals surface area contributed by atoms with Gasteiger partial charge in [-0.3, -0.25) is 9.79 Å². The molecule has 2 saturated heterocycles. The van der Waals surface area contributed by atoms with Crippen molar-refractivity contribution >= 4 is 45.9 Å². The molecule has 10 heteroatoms. The number of piperidine rings is 1. The van der Waals surface area contributed by atoms with E-state index in [0.29, 0.717) is 38.6 Å². The predicted octanol–water partition coefficient (Wildman–Crippen LogP) is 1.91. The lowest BCUT2D eigenvalue weighted by atomic mass is 10.1. The van der Waals surface area contributed by atoms with E-state index in [2.05, 4.69) is 33.8 Å².